The fourth-order valence-corrected chi connectivity index (χ4v) is 4.79. The fraction of sp³-hybridized carbons (Fsp3) is 0.480. The van der Waals surface area contributed by atoms with E-state index in [1.165, 1.54) is 0 Å². The molecule has 0 saturated carbocycles. The lowest BCUT2D eigenvalue weighted by Crippen LogP contribution is -2.43. The molecule has 1 N–H and O–H groups in total. The Morgan fingerprint density at radius 2 is 2.03 bits per heavy atom. The zero-order chi connectivity index (χ0) is 22.9. The van der Waals surface area contributed by atoms with Crippen LogP contribution < -0.4 is 19.5 Å². The number of rotatable bonds is 6. The maximum absolute atomic E-state index is 12.7. The first kappa shape index (κ1) is 22.7. The second kappa shape index (κ2) is 9.20. The second-order valence-corrected chi connectivity index (χ2v) is 9.41. The number of nitrogens with one attached hydrogen (secondary N) is 1. The number of hydrogen-bond donors (Lipinski definition) is 1. The van der Waals surface area contributed by atoms with Gasteiger partial charge in [0.15, 0.2) is 0 Å². The van der Waals surface area contributed by atoms with E-state index in [0.717, 1.165) is 41.0 Å². The van der Waals surface area contributed by atoms with Crippen molar-refractivity contribution in [2.45, 2.75) is 44.8 Å². The van der Waals surface area contributed by atoms with Gasteiger partial charge in [-0.3, -0.25) is 4.79 Å². The quantitative estimate of drug-likeness (QED) is 0.681. The van der Waals surface area contributed by atoms with Crippen molar-refractivity contribution >= 4 is 17.5 Å². The van der Waals surface area contributed by atoms with Gasteiger partial charge in [0.25, 0.3) is 0 Å². The molecule has 1 saturated heterocycles. The fourth-order valence-electron chi connectivity index (χ4n) is 4.51. The van der Waals surface area contributed by atoms with Crippen LogP contribution in [0.1, 0.15) is 32.3 Å². The first-order valence-corrected chi connectivity index (χ1v) is 11.3. The van der Waals surface area contributed by atoms with Crippen LogP contribution in [0.5, 0.6) is 17.2 Å². The SMILES string of the molecule is COc1ccc(OC)c(-c2cc(Cl)c3c(c2)CC(CNC(=O)C2CCOC(C)(C)C2)O3)c1. The van der Waals surface area contributed by atoms with Crippen molar-refractivity contribution in [2.24, 2.45) is 5.92 Å². The summed E-state index contributed by atoms with van der Waals surface area (Å²) in [5, 5.41) is 3.61. The smallest absolute Gasteiger partial charge is 0.223 e. The number of fused-ring (bicyclic) bond motifs is 1. The molecular formula is C25H30ClNO5. The first-order valence-electron chi connectivity index (χ1n) is 10.9. The molecule has 2 heterocycles. The van der Waals surface area contributed by atoms with Crippen LogP contribution in [0.15, 0.2) is 30.3 Å². The van der Waals surface area contributed by atoms with Crippen molar-refractivity contribution < 1.29 is 23.7 Å². The molecule has 2 atom stereocenters. The lowest BCUT2D eigenvalue weighted by atomic mass is 9.88. The van der Waals surface area contributed by atoms with Gasteiger partial charge >= 0.3 is 0 Å². The molecule has 0 spiro atoms. The lowest BCUT2D eigenvalue weighted by Gasteiger charge is -2.34. The van der Waals surface area contributed by atoms with Gasteiger partial charge in [-0.05, 0) is 62.6 Å². The highest BCUT2D eigenvalue weighted by molar-refractivity contribution is 6.32. The molecule has 2 aromatic rings. The van der Waals surface area contributed by atoms with E-state index in [0.29, 0.717) is 30.3 Å². The second-order valence-electron chi connectivity index (χ2n) is 9.00. The van der Waals surface area contributed by atoms with Gasteiger partial charge in [-0.15, -0.1) is 0 Å². The van der Waals surface area contributed by atoms with Crippen LogP contribution in [0.4, 0.5) is 0 Å². The molecule has 7 heteroatoms. The molecule has 2 aliphatic heterocycles. The Balaban J connectivity index is 1.45. The first-order chi connectivity index (χ1) is 15.3. The van der Waals surface area contributed by atoms with Crippen molar-refractivity contribution in [3.63, 3.8) is 0 Å². The largest absolute Gasteiger partial charge is 0.497 e. The standard InChI is InChI=1S/C25H30ClNO5/c1-25(2)13-15(7-8-31-25)24(28)27-14-19-10-17-9-16(11-21(26)23(17)32-19)20-12-18(29-3)5-6-22(20)30-4/h5-6,9,11-12,15,19H,7-8,10,13-14H2,1-4H3,(H,27,28). The number of methoxy groups -OCH3 is 2. The van der Waals surface area contributed by atoms with E-state index in [-0.39, 0.29) is 23.5 Å². The van der Waals surface area contributed by atoms with E-state index in [4.69, 9.17) is 30.5 Å². The van der Waals surface area contributed by atoms with Gasteiger partial charge in [-0.2, -0.15) is 0 Å². The maximum atomic E-state index is 12.7. The molecule has 0 aliphatic carbocycles. The van der Waals surface area contributed by atoms with Crippen LogP contribution in [0.2, 0.25) is 5.02 Å². The molecule has 2 aromatic carbocycles. The lowest BCUT2D eigenvalue weighted by molar-refractivity contribution is -0.135. The molecule has 0 radical (unpaired) electrons. The van der Waals surface area contributed by atoms with Gasteiger partial charge in [0.1, 0.15) is 23.4 Å². The van der Waals surface area contributed by atoms with Gasteiger partial charge in [-0.1, -0.05) is 11.6 Å². The van der Waals surface area contributed by atoms with E-state index in [2.05, 4.69) is 11.4 Å². The van der Waals surface area contributed by atoms with Crippen molar-refractivity contribution in [3.05, 3.63) is 40.9 Å². The molecular weight excluding hydrogens is 430 g/mol. The van der Waals surface area contributed by atoms with Crippen LogP contribution in [-0.4, -0.2) is 45.0 Å². The van der Waals surface area contributed by atoms with Gasteiger partial charge < -0.3 is 24.3 Å². The Kier molecular flexibility index (Phi) is 6.54. The summed E-state index contributed by atoms with van der Waals surface area (Å²) in [6.07, 6.45) is 2.00. The minimum atomic E-state index is -0.258. The van der Waals surface area contributed by atoms with Gasteiger partial charge in [-0.25, -0.2) is 0 Å². The Labute approximate surface area is 194 Å². The Bertz CT molecular complexity index is 1010. The molecule has 2 unspecified atom stereocenters. The summed E-state index contributed by atoms with van der Waals surface area (Å²) >= 11 is 6.58. The predicted octanol–water partition coefficient (Wildman–Crippen LogP) is 4.65. The molecule has 2 aliphatic rings. The summed E-state index contributed by atoms with van der Waals surface area (Å²) < 4.78 is 22.7. The zero-order valence-electron chi connectivity index (χ0n) is 19.0. The molecule has 0 aromatic heterocycles. The summed E-state index contributed by atoms with van der Waals surface area (Å²) in [6, 6.07) is 9.62. The van der Waals surface area contributed by atoms with Crippen molar-refractivity contribution in [1.82, 2.24) is 5.32 Å². The van der Waals surface area contributed by atoms with Crippen LogP contribution in [0.25, 0.3) is 11.1 Å². The van der Waals surface area contributed by atoms with E-state index >= 15 is 0 Å². The molecule has 4 rings (SSSR count). The molecule has 32 heavy (non-hydrogen) atoms. The van der Waals surface area contributed by atoms with Crippen molar-refractivity contribution in [1.29, 1.82) is 0 Å². The van der Waals surface area contributed by atoms with E-state index in [1.54, 1.807) is 14.2 Å². The molecule has 6 nitrogen and oxygen atoms in total. The van der Waals surface area contributed by atoms with E-state index in [1.807, 2.05) is 38.1 Å². The highest BCUT2D eigenvalue weighted by Gasteiger charge is 2.34. The molecule has 172 valence electrons. The molecule has 0 bridgehead atoms. The summed E-state index contributed by atoms with van der Waals surface area (Å²) in [7, 11) is 3.27. The van der Waals surface area contributed by atoms with Crippen LogP contribution in [-0.2, 0) is 16.0 Å². The summed E-state index contributed by atoms with van der Waals surface area (Å²) in [4.78, 5) is 12.7. The third-order valence-corrected chi connectivity index (χ3v) is 6.42. The van der Waals surface area contributed by atoms with Gasteiger partial charge in [0.05, 0.1) is 31.4 Å². The Morgan fingerprint density at radius 1 is 1.22 bits per heavy atom. The average Bonchev–Trinajstić information content (AvgIpc) is 3.20. The number of hydrogen-bond acceptors (Lipinski definition) is 5. The van der Waals surface area contributed by atoms with Gasteiger partial charge in [0, 0.05) is 30.1 Å². The Morgan fingerprint density at radius 3 is 2.75 bits per heavy atom. The van der Waals surface area contributed by atoms with E-state index in [9.17, 15) is 4.79 Å². The summed E-state index contributed by atoms with van der Waals surface area (Å²) in [5.74, 6) is 2.20. The predicted molar refractivity (Wildman–Crippen MR) is 124 cm³/mol. The van der Waals surface area contributed by atoms with Crippen LogP contribution in [0, 0.1) is 5.92 Å². The number of carbonyl (C=O) groups excluding carboxylic acids is 1. The maximum Gasteiger partial charge on any atom is 0.223 e. The van der Waals surface area contributed by atoms with Crippen molar-refractivity contribution in [2.75, 3.05) is 27.4 Å². The normalized spacial score (nSPS) is 21.4. The number of amides is 1. The number of ether oxygens (including phenoxy) is 4. The minimum Gasteiger partial charge on any atom is -0.497 e. The van der Waals surface area contributed by atoms with Gasteiger partial charge in [0.2, 0.25) is 5.91 Å². The summed E-state index contributed by atoms with van der Waals surface area (Å²) in [5.41, 5.74) is 2.59. The zero-order valence-corrected chi connectivity index (χ0v) is 19.8. The highest BCUT2D eigenvalue weighted by Crippen LogP contribution is 2.42. The van der Waals surface area contributed by atoms with Crippen LogP contribution in [0.3, 0.4) is 0 Å². The molecule has 1 fully saturated rings. The monoisotopic (exact) mass is 459 g/mol. The highest BCUT2D eigenvalue weighted by atomic mass is 35.5. The number of benzene rings is 2. The third kappa shape index (κ3) is 4.81. The molecule has 1 amide bonds. The number of carbonyl (C=O) groups is 1. The third-order valence-electron chi connectivity index (χ3n) is 6.14. The number of halogens is 1. The summed E-state index contributed by atoms with van der Waals surface area (Å²) in [6.45, 7) is 5.11. The topological polar surface area (TPSA) is 66.0 Å². The average molecular weight is 460 g/mol. The Hall–Kier alpha value is -2.44. The van der Waals surface area contributed by atoms with Crippen LogP contribution >= 0.6 is 11.6 Å². The minimum absolute atomic E-state index is 0.0294. The van der Waals surface area contributed by atoms with E-state index < -0.39 is 0 Å². The van der Waals surface area contributed by atoms with Crippen molar-refractivity contribution in [3.8, 4) is 28.4 Å².